The van der Waals surface area contributed by atoms with E-state index in [1.54, 1.807) is 0 Å². The zero-order valence-electron chi connectivity index (χ0n) is 8.56. The SMILES string of the molecule is CC(=O)c1cc(F)cc2[nH]c(S(=O)(=O)O)nc12. The molecule has 0 bridgehead atoms. The van der Waals surface area contributed by atoms with Crippen LogP contribution in [0.15, 0.2) is 17.3 Å². The maximum Gasteiger partial charge on any atom is 0.328 e. The Kier molecular flexibility index (Phi) is 2.48. The summed E-state index contributed by atoms with van der Waals surface area (Å²) in [4.78, 5) is 17.0. The number of nitrogens with one attached hydrogen (secondary N) is 1. The Labute approximate surface area is 95.2 Å². The molecule has 0 aliphatic carbocycles. The second-order valence-electron chi connectivity index (χ2n) is 3.42. The number of ketones is 1. The minimum Gasteiger partial charge on any atom is -0.327 e. The Balaban J connectivity index is 2.85. The van der Waals surface area contributed by atoms with Crippen LogP contribution in [0.5, 0.6) is 0 Å². The lowest BCUT2D eigenvalue weighted by atomic mass is 10.1. The van der Waals surface area contributed by atoms with E-state index in [9.17, 15) is 17.6 Å². The molecule has 8 heteroatoms. The van der Waals surface area contributed by atoms with Crippen molar-refractivity contribution in [3.05, 3.63) is 23.5 Å². The first-order valence-electron chi connectivity index (χ1n) is 4.47. The number of halogens is 1. The summed E-state index contributed by atoms with van der Waals surface area (Å²) in [5, 5.41) is -0.722. The van der Waals surface area contributed by atoms with Crippen LogP contribution in [0.4, 0.5) is 4.39 Å². The van der Waals surface area contributed by atoms with E-state index in [0.717, 1.165) is 12.1 Å². The average molecular weight is 258 g/mol. The lowest BCUT2D eigenvalue weighted by molar-refractivity contribution is 0.101. The highest BCUT2D eigenvalue weighted by Crippen LogP contribution is 2.20. The summed E-state index contributed by atoms with van der Waals surface area (Å²) in [6.07, 6.45) is 0. The Morgan fingerprint density at radius 3 is 2.65 bits per heavy atom. The van der Waals surface area contributed by atoms with Crippen molar-refractivity contribution in [3.8, 4) is 0 Å². The summed E-state index contributed by atoms with van der Waals surface area (Å²) >= 11 is 0. The molecule has 0 unspecified atom stereocenters. The standard InChI is InChI=1S/C9H7FN2O4S/c1-4(13)6-2-5(10)3-7-8(6)12-9(11-7)17(14,15)16/h2-3H,1H3,(H,11,12)(H,14,15,16). The molecular weight excluding hydrogens is 251 g/mol. The fraction of sp³-hybridized carbons (Fsp3) is 0.111. The second kappa shape index (κ2) is 3.60. The van der Waals surface area contributed by atoms with E-state index < -0.39 is 26.9 Å². The maximum atomic E-state index is 13.2. The van der Waals surface area contributed by atoms with E-state index >= 15 is 0 Å². The number of fused-ring (bicyclic) bond motifs is 1. The zero-order chi connectivity index (χ0) is 12.8. The Morgan fingerprint density at radius 2 is 2.12 bits per heavy atom. The van der Waals surface area contributed by atoms with Gasteiger partial charge in [0.1, 0.15) is 11.3 Å². The molecule has 1 aromatic carbocycles. The first-order chi connectivity index (χ1) is 7.79. The largest absolute Gasteiger partial charge is 0.328 e. The lowest BCUT2D eigenvalue weighted by Gasteiger charge is -1.96. The van der Waals surface area contributed by atoms with Gasteiger partial charge in [-0.1, -0.05) is 0 Å². The highest BCUT2D eigenvalue weighted by Gasteiger charge is 2.19. The summed E-state index contributed by atoms with van der Waals surface area (Å²) in [7, 11) is -4.52. The lowest BCUT2D eigenvalue weighted by Crippen LogP contribution is -2.00. The minimum absolute atomic E-state index is 0.00604. The second-order valence-corrected chi connectivity index (χ2v) is 4.76. The fourth-order valence-electron chi connectivity index (χ4n) is 1.45. The van der Waals surface area contributed by atoms with Crippen LogP contribution in [0.1, 0.15) is 17.3 Å². The molecule has 0 atom stereocenters. The van der Waals surface area contributed by atoms with Crippen LogP contribution in [0.3, 0.4) is 0 Å². The maximum absolute atomic E-state index is 13.2. The molecule has 0 radical (unpaired) electrons. The Morgan fingerprint density at radius 1 is 1.47 bits per heavy atom. The monoisotopic (exact) mass is 258 g/mol. The molecule has 2 N–H and O–H groups in total. The average Bonchev–Trinajstić information content (AvgIpc) is 2.58. The van der Waals surface area contributed by atoms with Gasteiger partial charge in [-0.05, 0) is 19.1 Å². The summed E-state index contributed by atoms with van der Waals surface area (Å²) in [5.41, 5.74) is -0.0134. The van der Waals surface area contributed by atoms with E-state index in [2.05, 4.69) is 9.97 Å². The first kappa shape index (κ1) is 11.7. The van der Waals surface area contributed by atoms with Crippen molar-refractivity contribution in [2.45, 2.75) is 12.1 Å². The molecule has 0 fully saturated rings. The van der Waals surface area contributed by atoms with Gasteiger partial charge in [0.2, 0.25) is 0 Å². The molecule has 0 aliphatic heterocycles. The van der Waals surface area contributed by atoms with Crippen molar-refractivity contribution < 1.29 is 22.2 Å². The van der Waals surface area contributed by atoms with Gasteiger partial charge in [0.15, 0.2) is 5.78 Å². The third kappa shape index (κ3) is 2.04. The van der Waals surface area contributed by atoms with Crippen molar-refractivity contribution in [1.29, 1.82) is 0 Å². The van der Waals surface area contributed by atoms with Crippen molar-refractivity contribution in [2.24, 2.45) is 0 Å². The molecular formula is C9H7FN2O4S. The predicted molar refractivity (Wildman–Crippen MR) is 55.9 cm³/mol. The Hall–Kier alpha value is -1.80. The molecule has 0 amide bonds. The van der Waals surface area contributed by atoms with E-state index in [1.807, 2.05) is 0 Å². The van der Waals surface area contributed by atoms with Gasteiger partial charge in [-0.25, -0.2) is 9.37 Å². The number of hydrogen-bond acceptors (Lipinski definition) is 4. The van der Waals surface area contributed by atoms with Gasteiger partial charge in [0, 0.05) is 5.56 Å². The quantitative estimate of drug-likeness (QED) is 0.621. The van der Waals surface area contributed by atoms with Gasteiger partial charge < -0.3 is 4.98 Å². The topological polar surface area (TPSA) is 100 Å². The summed E-state index contributed by atoms with van der Waals surface area (Å²) in [6, 6.07) is 1.95. The van der Waals surface area contributed by atoms with Gasteiger partial charge in [-0.2, -0.15) is 8.42 Å². The normalized spacial score (nSPS) is 11.9. The fourth-order valence-corrected chi connectivity index (χ4v) is 1.90. The van der Waals surface area contributed by atoms with Gasteiger partial charge in [0.25, 0.3) is 5.16 Å². The number of hydrogen-bond donors (Lipinski definition) is 2. The highest BCUT2D eigenvalue weighted by molar-refractivity contribution is 7.85. The van der Waals surface area contributed by atoms with Gasteiger partial charge in [-0.3, -0.25) is 9.35 Å². The number of carbonyl (C=O) groups excluding carboxylic acids is 1. The van der Waals surface area contributed by atoms with Crippen LogP contribution in [-0.4, -0.2) is 28.7 Å². The number of carbonyl (C=O) groups is 1. The molecule has 90 valence electrons. The molecule has 2 aromatic rings. The van der Waals surface area contributed by atoms with Crippen LogP contribution in [-0.2, 0) is 10.1 Å². The number of benzene rings is 1. The zero-order valence-corrected chi connectivity index (χ0v) is 9.38. The summed E-state index contributed by atoms with van der Waals surface area (Å²) < 4.78 is 43.6. The highest BCUT2D eigenvalue weighted by atomic mass is 32.2. The van der Waals surface area contributed by atoms with Crippen molar-refractivity contribution in [1.82, 2.24) is 9.97 Å². The number of rotatable bonds is 2. The van der Waals surface area contributed by atoms with E-state index in [-0.39, 0.29) is 16.6 Å². The van der Waals surface area contributed by atoms with Crippen molar-refractivity contribution in [3.63, 3.8) is 0 Å². The number of nitrogens with zero attached hydrogens (tertiary/aromatic N) is 1. The third-order valence-corrected chi connectivity index (χ3v) is 2.84. The third-order valence-electron chi connectivity index (χ3n) is 2.15. The van der Waals surface area contributed by atoms with Crippen LogP contribution in [0.25, 0.3) is 11.0 Å². The number of H-pyrrole nitrogens is 1. The van der Waals surface area contributed by atoms with Gasteiger partial charge >= 0.3 is 10.1 Å². The summed E-state index contributed by atoms with van der Waals surface area (Å²) in [5.74, 6) is -1.16. The minimum atomic E-state index is -4.52. The molecule has 2 rings (SSSR count). The van der Waals surface area contributed by atoms with Crippen molar-refractivity contribution in [2.75, 3.05) is 0 Å². The number of imidazole rings is 1. The van der Waals surface area contributed by atoms with Crippen LogP contribution >= 0.6 is 0 Å². The first-order valence-corrected chi connectivity index (χ1v) is 5.91. The molecule has 0 saturated carbocycles. The molecule has 0 spiro atoms. The van der Waals surface area contributed by atoms with E-state index in [0.29, 0.717) is 0 Å². The number of Topliss-reactive ketones (excluding diaryl/α,β-unsaturated/α-hetero) is 1. The van der Waals surface area contributed by atoms with Gasteiger partial charge in [0.05, 0.1) is 5.52 Å². The molecule has 1 aromatic heterocycles. The van der Waals surface area contributed by atoms with E-state index in [4.69, 9.17) is 4.55 Å². The predicted octanol–water partition coefficient (Wildman–Crippen LogP) is 1.15. The molecule has 0 saturated heterocycles. The number of aromatic nitrogens is 2. The van der Waals surface area contributed by atoms with Crippen LogP contribution in [0.2, 0.25) is 0 Å². The summed E-state index contributed by atoms with van der Waals surface area (Å²) in [6.45, 7) is 1.20. The smallest absolute Gasteiger partial charge is 0.327 e. The van der Waals surface area contributed by atoms with Crippen molar-refractivity contribution >= 4 is 26.9 Å². The van der Waals surface area contributed by atoms with E-state index in [1.165, 1.54) is 6.92 Å². The molecule has 1 heterocycles. The van der Waals surface area contributed by atoms with Gasteiger partial charge in [-0.15, -0.1) is 0 Å². The molecule has 0 aliphatic rings. The Bertz CT molecular complexity index is 720. The van der Waals surface area contributed by atoms with Crippen LogP contribution in [0, 0.1) is 5.82 Å². The molecule has 17 heavy (non-hydrogen) atoms. The molecule has 6 nitrogen and oxygen atoms in total. The number of aromatic amines is 1. The van der Waals surface area contributed by atoms with Crippen LogP contribution < -0.4 is 0 Å².